The van der Waals surface area contributed by atoms with E-state index >= 15 is 0 Å². The lowest BCUT2D eigenvalue weighted by Gasteiger charge is -2.39. The summed E-state index contributed by atoms with van der Waals surface area (Å²) in [7, 11) is 0. The third-order valence-corrected chi connectivity index (χ3v) is 6.14. The number of nitrogens with two attached hydrogens (primary N) is 1. The van der Waals surface area contributed by atoms with E-state index < -0.39 is 0 Å². The summed E-state index contributed by atoms with van der Waals surface area (Å²) in [5.41, 5.74) is 9.49. The van der Waals surface area contributed by atoms with Crippen LogP contribution in [0, 0.1) is 17.7 Å². The topological polar surface area (TPSA) is 78.9 Å². The van der Waals surface area contributed by atoms with Crippen LogP contribution in [0.15, 0.2) is 30.5 Å². The molecule has 2 heterocycles. The van der Waals surface area contributed by atoms with Crippen molar-refractivity contribution < 1.29 is 0 Å². The predicted octanol–water partition coefficient (Wildman–Crippen LogP) is 3.94. The second-order valence-corrected chi connectivity index (χ2v) is 7.90. The normalized spacial score (nSPS) is 19.0. The lowest BCUT2D eigenvalue weighted by Crippen LogP contribution is -2.39. The summed E-state index contributed by atoms with van der Waals surface area (Å²) < 4.78 is 0. The summed E-state index contributed by atoms with van der Waals surface area (Å²) >= 11 is 0. The van der Waals surface area contributed by atoms with Crippen molar-refractivity contribution in [2.45, 2.75) is 45.4 Å². The fraction of sp³-hybridized carbons (Fsp3) is 0.476. The van der Waals surface area contributed by atoms with Crippen molar-refractivity contribution in [3.8, 4) is 0 Å². The number of anilines is 2. The van der Waals surface area contributed by atoms with Crippen LogP contribution in [0.1, 0.15) is 55.3 Å². The van der Waals surface area contributed by atoms with Crippen LogP contribution in [-0.2, 0) is 0 Å². The van der Waals surface area contributed by atoms with E-state index in [1.54, 1.807) is 6.20 Å². The van der Waals surface area contributed by atoms with Crippen molar-refractivity contribution in [3.05, 3.63) is 47.3 Å². The summed E-state index contributed by atoms with van der Waals surface area (Å²) in [6, 6.07) is 7.85. The molecule has 2 aliphatic rings. The number of hydrogen-bond donors (Lipinski definition) is 2. The third-order valence-electron chi connectivity index (χ3n) is 6.14. The summed E-state index contributed by atoms with van der Waals surface area (Å²) in [5, 5.41) is 8.44. The van der Waals surface area contributed by atoms with Crippen LogP contribution in [0.2, 0.25) is 0 Å². The zero-order valence-electron chi connectivity index (χ0n) is 15.5. The van der Waals surface area contributed by atoms with Gasteiger partial charge in [0.2, 0.25) is 0 Å². The third kappa shape index (κ3) is 3.18. The molecule has 4 rings (SSSR count). The van der Waals surface area contributed by atoms with Gasteiger partial charge in [-0.05, 0) is 44.1 Å². The quantitative estimate of drug-likeness (QED) is 0.823. The minimum atomic E-state index is 0.328. The fourth-order valence-corrected chi connectivity index (χ4v) is 4.51. The number of rotatable bonds is 3. The van der Waals surface area contributed by atoms with E-state index in [4.69, 9.17) is 11.1 Å². The van der Waals surface area contributed by atoms with E-state index in [1.165, 1.54) is 38.5 Å². The molecule has 5 nitrogen and oxygen atoms in total. The van der Waals surface area contributed by atoms with Gasteiger partial charge in [0.25, 0.3) is 0 Å². The Balaban J connectivity index is 1.50. The summed E-state index contributed by atoms with van der Waals surface area (Å²) in [6.45, 7) is 4.08. The molecule has 26 heavy (non-hydrogen) atoms. The Labute approximate surface area is 155 Å². The van der Waals surface area contributed by atoms with Crippen molar-refractivity contribution in [1.29, 1.82) is 5.41 Å². The second-order valence-electron chi connectivity index (χ2n) is 7.90. The highest BCUT2D eigenvalue weighted by Gasteiger charge is 2.37. The molecule has 2 aromatic rings. The lowest BCUT2D eigenvalue weighted by molar-refractivity contribution is 0.226. The summed E-state index contributed by atoms with van der Waals surface area (Å²) in [4.78, 5) is 11.4. The van der Waals surface area contributed by atoms with Crippen molar-refractivity contribution in [1.82, 2.24) is 9.97 Å². The van der Waals surface area contributed by atoms with Crippen molar-refractivity contribution >= 4 is 17.3 Å². The molecule has 5 heteroatoms. The standard InChI is InChI=1S/C21H27N5/c1-15-5-4-6-16(13-15)18(22)19-20(23)25-17(14-24-19)26-11-9-21(10-12-26)7-2-3-8-21/h4-6,13-14,22H,2-3,7-12H2,1H3,(H2,23,25). The molecule has 1 aliphatic heterocycles. The van der Waals surface area contributed by atoms with Gasteiger partial charge in [-0.25, -0.2) is 9.97 Å². The van der Waals surface area contributed by atoms with E-state index in [0.29, 0.717) is 22.6 Å². The van der Waals surface area contributed by atoms with Crippen LogP contribution in [0.25, 0.3) is 0 Å². The Kier molecular flexibility index (Phi) is 4.39. The van der Waals surface area contributed by atoms with Crippen molar-refractivity contribution in [2.75, 3.05) is 23.7 Å². The number of aryl methyl sites for hydroxylation is 1. The Hall–Kier alpha value is -2.43. The van der Waals surface area contributed by atoms with Gasteiger partial charge in [-0.3, -0.25) is 5.41 Å². The number of hydrogen-bond acceptors (Lipinski definition) is 5. The van der Waals surface area contributed by atoms with Gasteiger partial charge in [0.1, 0.15) is 11.5 Å². The molecule has 1 saturated heterocycles. The monoisotopic (exact) mass is 349 g/mol. The highest BCUT2D eigenvalue weighted by atomic mass is 15.2. The highest BCUT2D eigenvalue weighted by Crippen LogP contribution is 2.46. The van der Waals surface area contributed by atoms with Gasteiger partial charge in [0, 0.05) is 18.7 Å². The van der Waals surface area contributed by atoms with Crippen molar-refractivity contribution in [3.63, 3.8) is 0 Å². The van der Waals surface area contributed by atoms with Gasteiger partial charge in [0.05, 0.1) is 11.9 Å². The summed E-state index contributed by atoms with van der Waals surface area (Å²) in [5.74, 6) is 1.19. The first-order chi connectivity index (χ1) is 12.6. The SMILES string of the molecule is Cc1cccc(C(=N)c2ncc(N3CCC4(CCCC4)CC3)nc2N)c1. The molecule has 1 spiro atoms. The molecule has 0 unspecified atom stereocenters. The fourth-order valence-electron chi connectivity index (χ4n) is 4.51. The average molecular weight is 349 g/mol. The molecular weight excluding hydrogens is 322 g/mol. The van der Waals surface area contributed by atoms with Crippen LogP contribution >= 0.6 is 0 Å². The Morgan fingerprint density at radius 1 is 1.15 bits per heavy atom. The maximum Gasteiger partial charge on any atom is 0.154 e. The number of nitrogens with one attached hydrogen (secondary N) is 1. The number of piperidine rings is 1. The first kappa shape index (κ1) is 17.0. The number of nitrogens with zero attached hydrogens (tertiary/aromatic N) is 3. The van der Waals surface area contributed by atoms with Crippen LogP contribution < -0.4 is 10.6 Å². The molecule has 0 radical (unpaired) electrons. The predicted molar refractivity (Wildman–Crippen MR) is 106 cm³/mol. The van der Waals surface area contributed by atoms with E-state index in [-0.39, 0.29) is 0 Å². The van der Waals surface area contributed by atoms with Crippen LogP contribution in [0.5, 0.6) is 0 Å². The van der Waals surface area contributed by atoms with Gasteiger partial charge >= 0.3 is 0 Å². The molecule has 1 saturated carbocycles. The van der Waals surface area contributed by atoms with E-state index in [9.17, 15) is 0 Å². The van der Waals surface area contributed by atoms with Crippen LogP contribution in [-0.4, -0.2) is 28.8 Å². The van der Waals surface area contributed by atoms with Gasteiger partial charge in [0.15, 0.2) is 5.82 Å². The molecule has 0 amide bonds. The number of benzene rings is 1. The van der Waals surface area contributed by atoms with Gasteiger partial charge in [-0.2, -0.15) is 0 Å². The van der Waals surface area contributed by atoms with Crippen molar-refractivity contribution in [2.24, 2.45) is 5.41 Å². The Bertz CT molecular complexity index is 813. The number of aromatic nitrogens is 2. The molecule has 3 N–H and O–H groups in total. The first-order valence-electron chi connectivity index (χ1n) is 9.60. The average Bonchev–Trinajstić information content (AvgIpc) is 3.10. The lowest BCUT2D eigenvalue weighted by atomic mass is 9.77. The second kappa shape index (κ2) is 6.71. The molecule has 0 bridgehead atoms. The van der Waals surface area contributed by atoms with E-state index in [1.807, 2.05) is 31.2 Å². The van der Waals surface area contributed by atoms with Crippen LogP contribution in [0.4, 0.5) is 11.6 Å². The van der Waals surface area contributed by atoms with Crippen LogP contribution in [0.3, 0.4) is 0 Å². The minimum Gasteiger partial charge on any atom is -0.382 e. The molecular formula is C21H27N5. The Morgan fingerprint density at radius 2 is 1.88 bits per heavy atom. The maximum atomic E-state index is 8.44. The zero-order valence-corrected chi connectivity index (χ0v) is 15.5. The summed E-state index contributed by atoms with van der Waals surface area (Å²) in [6.07, 6.45) is 9.83. The maximum absolute atomic E-state index is 8.44. The smallest absolute Gasteiger partial charge is 0.154 e. The van der Waals surface area contributed by atoms with Gasteiger partial charge in [-0.1, -0.05) is 36.6 Å². The van der Waals surface area contributed by atoms with Gasteiger partial charge < -0.3 is 10.6 Å². The number of nitrogen functional groups attached to an aromatic ring is 1. The molecule has 1 aliphatic carbocycles. The van der Waals surface area contributed by atoms with Gasteiger partial charge in [-0.15, -0.1) is 0 Å². The van der Waals surface area contributed by atoms with E-state index in [0.717, 1.165) is 30.0 Å². The minimum absolute atomic E-state index is 0.328. The molecule has 0 atom stereocenters. The molecule has 136 valence electrons. The zero-order chi connectivity index (χ0) is 18.1. The molecule has 1 aromatic heterocycles. The van der Waals surface area contributed by atoms with E-state index in [2.05, 4.69) is 14.9 Å². The molecule has 2 fully saturated rings. The Morgan fingerprint density at radius 3 is 2.54 bits per heavy atom. The molecule has 1 aromatic carbocycles. The largest absolute Gasteiger partial charge is 0.382 e. The highest BCUT2D eigenvalue weighted by molar-refractivity contribution is 6.12. The first-order valence-corrected chi connectivity index (χ1v) is 9.60.